The quantitative estimate of drug-likeness (QED) is 0.178. The van der Waals surface area contributed by atoms with E-state index in [9.17, 15) is 0 Å². The minimum Gasteiger partial charge on any atom is -0.485 e. The largest absolute Gasteiger partial charge is 0.485 e. The van der Waals surface area contributed by atoms with Crippen molar-refractivity contribution in [3.63, 3.8) is 0 Å². The molecule has 0 bridgehead atoms. The van der Waals surface area contributed by atoms with E-state index < -0.39 is 0 Å². The molecule has 0 saturated carbocycles. The average Bonchev–Trinajstić information content (AvgIpc) is 3.81. The Morgan fingerprint density at radius 3 is 1.85 bits per heavy atom. The van der Waals surface area contributed by atoms with Gasteiger partial charge in [0.2, 0.25) is 0 Å². The lowest BCUT2D eigenvalue weighted by Gasteiger charge is -2.17. The Morgan fingerprint density at radius 2 is 1.06 bits per heavy atom. The van der Waals surface area contributed by atoms with E-state index >= 15 is 0 Å². The van der Waals surface area contributed by atoms with Crippen LogP contribution < -0.4 is 4.74 Å². The van der Waals surface area contributed by atoms with E-state index in [4.69, 9.17) is 19.7 Å². The fourth-order valence-corrected chi connectivity index (χ4v) is 9.06. The van der Waals surface area contributed by atoms with Crippen molar-refractivity contribution in [3.8, 4) is 62.2 Å². The average molecular weight is 710 g/mol. The van der Waals surface area contributed by atoms with Gasteiger partial charge in [0.05, 0.1) is 0 Å². The predicted molar refractivity (Wildman–Crippen MR) is 223 cm³/mol. The summed E-state index contributed by atoms with van der Waals surface area (Å²) in [6, 6.07) is 53.7. The van der Waals surface area contributed by atoms with E-state index in [1.54, 1.807) is 0 Å². The van der Waals surface area contributed by atoms with Crippen LogP contribution >= 0.6 is 11.3 Å². The second-order valence-corrected chi connectivity index (χ2v) is 15.0. The lowest BCUT2D eigenvalue weighted by molar-refractivity contribution is 0.269. The second-order valence-electron chi connectivity index (χ2n) is 13.9. The molecule has 2 aliphatic rings. The molecule has 0 saturated heterocycles. The molecule has 1 aliphatic heterocycles. The van der Waals surface area contributed by atoms with Crippen molar-refractivity contribution in [1.82, 2.24) is 15.0 Å². The van der Waals surface area contributed by atoms with E-state index in [-0.39, 0.29) is 12.0 Å². The molecule has 0 spiro atoms. The summed E-state index contributed by atoms with van der Waals surface area (Å²) < 4.78 is 9.14. The number of hydrogen-bond acceptors (Lipinski definition) is 5. The number of hydrogen-bond donors (Lipinski definition) is 0. The molecule has 0 fully saturated rings. The van der Waals surface area contributed by atoms with Crippen molar-refractivity contribution < 1.29 is 4.74 Å². The minimum atomic E-state index is -0.0777. The molecule has 2 aromatic heterocycles. The number of fused-ring (bicyclic) bond motifs is 7. The smallest absolute Gasteiger partial charge is 0.164 e. The topological polar surface area (TPSA) is 47.9 Å². The number of benzene rings is 7. The summed E-state index contributed by atoms with van der Waals surface area (Å²) in [5.74, 6) is 2.83. The number of ether oxygens (including phenoxy) is 1. The summed E-state index contributed by atoms with van der Waals surface area (Å²) in [6.45, 7) is 0. The van der Waals surface area contributed by atoms with Gasteiger partial charge < -0.3 is 4.74 Å². The normalized spacial score (nSPS) is 15.8. The van der Waals surface area contributed by atoms with Crippen LogP contribution in [-0.4, -0.2) is 21.1 Å². The van der Waals surface area contributed by atoms with Crippen LogP contribution in [0.4, 0.5) is 0 Å². The van der Waals surface area contributed by atoms with Crippen molar-refractivity contribution in [3.05, 3.63) is 182 Å². The van der Waals surface area contributed by atoms with Crippen molar-refractivity contribution in [2.45, 2.75) is 12.0 Å². The van der Waals surface area contributed by atoms with Crippen LogP contribution in [0.2, 0.25) is 0 Å². The number of allylic oxidation sites excluding steroid dienone is 2. The number of aromatic nitrogens is 3. The molecule has 0 radical (unpaired) electrons. The van der Waals surface area contributed by atoms with Gasteiger partial charge in [-0.3, -0.25) is 0 Å². The van der Waals surface area contributed by atoms with Crippen LogP contribution in [0.5, 0.6) is 5.75 Å². The van der Waals surface area contributed by atoms with E-state index in [1.165, 1.54) is 31.3 Å². The van der Waals surface area contributed by atoms with Crippen LogP contribution in [0.15, 0.2) is 176 Å². The highest BCUT2D eigenvalue weighted by molar-refractivity contribution is 7.25. The summed E-state index contributed by atoms with van der Waals surface area (Å²) in [7, 11) is 0. The first kappa shape index (κ1) is 30.9. The molecule has 7 aromatic carbocycles. The molecule has 5 heteroatoms. The highest BCUT2D eigenvalue weighted by atomic mass is 32.1. The third kappa shape index (κ3) is 5.24. The Bertz CT molecular complexity index is 2980. The summed E-state index contributed by atoms with van der Waals surface area (Å²) in [5.41, 5.74) is 8.52. The first-order valence-electron chi connectivity index (χ1n) is 18.2. The predicted octanol–water partition coefficient (Wildman–Crippen LogP) is 12.7. The van der Waals surface area contributed by atoms with Crippen LogP contribution in [0, 0.1) is 0 Å². The van der Waals surface area contributed by atoms with Gasteiger partial charge in [-0.05, 0) is 87.6 Å². The summed E-state index contributed by atoms with van der Waals surface area (Å²) >= 11 is 1.81. The van der Waals surface area contributed by atoms with Gasteiger partial charge in [0.25, 0.3) is 0 Å². The SMILES string of the molecule is C1=CC2Oc3cc(-c4ccccc4)cc(-c4nc(-c5ccc6cc(-c7ccccc7)ccc6c5)nc(-c5ccc6sc7ccccc7c6c5)n4)c3C2C=C1. The minimum absolute atomic E-state index is 0.0569. The van der Waals surface area contributed by atoms with Gasteiger partial charge in [-0.1, -0.05) is 121 Å². The maximum atomic E-state index is 6.63. The standard InChI is InChI=1S/C49H31N3OS/c1-3-11-30(12-4-1)32-19-20-34-26-35(22-21-33(34)25-32)47-50-48(36-23-24-45-40(27-36)38-15-8-10-18-44(38)54-45)52-49(51-47)41-28-37(31-13-5-2-6-14-31)29-43-46(41)39-16-7-9-17-42(39)53-43/h1-29,39,42H. The maximum Gasteiger partial charge on any atom is 0.164 e. The lowest BCUT2D eigenvalue weighted by Crippen LogP contribution is -2.16. The molecule has 9 aromatic rings. The van der Waals surface area contributed by atoms with Gasteiger partial charge in [-0.25, -0.2) is 15.0 Å². The molecule has 0 N–H and O–H groups in total. The van der Waals surface area contributed by atoms with Gasteiger partial charge in [-0.2, -0.15) is 0 Å². The van der Waals surface area contributed by atoms with E-state index in [0.717, 1.165) is 49.9 Å². The van der Waals surface area contributed by atoms with Gasteiger partial charge in [-0.15, -0.1) is 11.3 Å². The lowest BCUT2D eigenvalue weighted by atomic mass is 9.87. The number of nitrogens with zero attached hydrogens (tertiary/aromatic N) is 3. The molecule has 254 valence electrons. The van der Waals surface area contributed by atoms with E-state index in [2.05, 4.69) is 170 Å². The van der Waals surface area contributed by atoms with Crippen LogP contribution in [0.25, 0.3) is 87.4 Å². The fraction of sp³-hybridized carbons (Fsp3) is 0.0408. The Balaban J connectivity index is 1.13. The zero-order valence-electron chi connectivity index (χ0n) is 29.1. The highest BCUT2D eigenvalue weighted by Crippen LogP contribution is 2.48. The van der Waals surface area contributed by atoms with Crippen LogP contribution in [-0.2, 0) is 0 Å². The molecule has 3 heterocycles. The molecule has 2 unspecified atom stereocenters. The van der Waals surface area contributed by atoms with Crippen molar-refractivity contribution >= 4 is 42.3 Å². The summed E-state index contributed by atoms with van der Waals surface area (Å²) in [6.07, 6.45) is 8.47. The fourth-order valence-electron chi connectivity index (χ4n) is 7.97. The zero-order chi connectivity index (χ0) is 35.6. The second kappa shape index (κ2) is 12.5. The molecule has 11 rings (SSSR count). The molecular formula is C49H31N3OS. The Kier molecular flexibility index (Phi) is 7.13. The van der Waals surface area contributed by atoms with Crippen LogP contribution in [0.1, 0.15) is 11.5 Å². The van der Waals surface area contributed by atoms with Gasteiger partial charge in [0.15, 0.2) is 17.5 Å². The monoisotopic (exact) mass is 709 g/mol. The number of thiophene rings is 1. The third-order valence-corrected chi connectivity index (χ3v) is 11.8. The van der Waals surface area contributed by atoms with Gasteiger partial charge in [0, 0.05) is 48.3 Å². The van der Waals surface area contributed by atoms with E-state index in [0.29, 0.717) is 17.5 Å². The van der Waals surface area contributed by atoms with Crippen molar-refractivity contribution in [2.75, 3.05) is 0 Å². The van der Waals surface area contributed by atoms with Crippen molar-refractivity contribution in [2.24, 2.45) is 0 Å². The molecule has 1 aliphatic carbocycles. The van der Waals surface area contributed by atoms with Gasteiger partial charge >= 0.3 is 0 Å². The van der Waals surface area contributed by atoms with Crippen LogP contribution in [0.3, 0.4) is 0 Å². The van der Waals surface area contributed by atoms with Gasteiger partial charge in [0.1, 0.15) is 11.9 Å². The first-order valence-corrected chi connectivity index (χ1v) is 19.1. The molecule has 0 amide bonds. The number of rotatable bonds is 5. The highest BCUT2D eigenvalue weighted by Gasteiger charge is 2.36. The third-order valence-electron chi connectivity index (χ3n) is 10.6. The molecule has 4 nitrogen and oxygen atoms in total. The molecule has 54 heavy (non-hydrogen) atoms. The Hall–Kier alpha value is -6.69. The Morgan fingerprint density at radius 1 is 0.444 bits per heavy atom. The summed E-state index contributed by atoms with van der Waals surface area (Å²) in [4.78, 5) is 15.8. The molecule has 2 atom stereocenters. The Labute approximate surface area is 316 Å². The zero-order valence-corrected chi connectivity index (χ0v) is 29.9. The summed E-state index contributed by atoms with van der Waals surface area (Å²) in [5, 5.41) is 4.74. The first-order chi connectivity index (χ1) is 26.7. The molecular weight excluding hydrogens is 679 g/mol. The maximum absolute atomic E-state index is 6.63. The van der Waals surface area contributed by atoms with Crippen molar-refractivity contribution in [1.29, 1.82) is 0 Å². The van der Waals surface area contributed by atoms with E-state index in [1.807, 2.05) is 17.4 Å².